The Morgan fingerprint density at radius 1 is 1.22 bits per heavy atom. The van der Waals surface area contributed by atoms with E-state index >= 15 is 0 Å². The predicted octanol–water partition coefficient (Wildman–Crippen LogP) is 3.13. The molecule has 1 aromatic carbocycles. The van der Waals surface area contributed by atoms with Crippen LogP contribution in [0.4, 0.5) is 0 Å². The number of aryl methyl sites for hydroxylation is 2. The van der Waals surface area contributed by atoms with Crippen LogP contribution in [0, 0.1) is 13.8 Å². The molecule has 0 unspecified atom stereocenters. The molecule has 0 fully saturated rings. The molecule has 1 N–H and O–H groups in total. The first-order chi connectivity index (χ1) is 8.24. The van der Waals surface area contributed by atoms with Crippen molar-refractivity contribution in [3.63, 3.8) is 0 Å². The highest BCUT2D eigenvalue weighted by Crippen LogP contribution is 2.20. The molecular formula is C12H17Br2NO2S. The van der Waals surface area contributed by atoms with Crippen LogP contribution >= 0.6 is 31.9 Å². The lowest BCUT2D eigenvalue weighted by atomic mass is 10.1. The van der Waals surface area contributed by atoms with Crippen LogP contribution in [-0.2, 0) is 10.0 Å². The van der Waals surface area contributed by atoms with Crippen molar-refractivity contribution in [3.05, 3.63) is 29.3 Å². The molecule has 18 heavy (non-hydrogen) atoms. The standard InChI is InChI=1S/C12H17Br2NO2S/c1-9-4-5-10(2)11(6-9)18(16,17)15-12(3,7-13)8-14/h4-6,15H,7-8H2,1-3H3. The normalized spacial score (nSPS) is 12.7. The van der Waals surface area contributed by atoms with Crippen molar-refractivity contribution in [1.29, 1.82) is 0 Å². The monoisotopic (exact) mass is 397 g/mol. The summed E-state index contributed by atoms with van der Waals surface area (Å²) in [7, 11) is -3.51. The molecule has 6 heteroatoms. The third-order valence-corrected chi connectivity index (χ3v) is 6.86. The van der Waals surface area contributed by atoms with Gasteiger partial charge in [0.1, 0.15) is 0 Å². The fourth-order valence-corrected chi connectivity index (χ4v) is 4.78. The molecule has 0 bridgehead atoms. The zero-order chi connectivity index (χ0) is 14.0. The lowest BCUT2D eigenvalue weighted by Gasteiger charge is -2.26. The second-order valence-electron chi connectivity index (χ2n) is 4.70. The summed E-state index contributed by atoms with van der Waals surface area (Å²) in [5, 5.41) is 1.07. The molecule has 0 aliphatic carbocycles. The van der Waals surface area contributed by atoms with Crippen LogP contribution in [0.2, 0.25) is 0 Å². The molecule has 0 aliphatic heterocycles. The van der Waals surface area contributed by atoms with Crippen LogP contribution in [0.15, 0.2) is 23.1 Å². The van der Waals surface area contributed by atoms with Gasteiger partial charge in [-0.1, -0.05) is 44.0 Å². The first-order valence-corrected chi connectivity index (χ1v) is 9.20. The molecule has 0 heterocycles. The topological polar surface area (TPSA) is 46.2 Å². The molecule has 0 saturated carbocycles. The van der Waals surface area contributed by atoms with Crippen molar-refractivity contribution < 1.29 is 8.42 Å². The van der Waals surface area contributed by atoms with E-state index in [0.29, 0.717) is 15.6 Å². The molecular weight excluding hydrogens is 382 g/mol. The number of halogens is 2. The van der Waals surface area contributed by atoms with E-state index in [9.17, 15) is 8.42 Å². The molecule has 0 aliphatic rings. The Hall–Kier alpha value is 0.0900. The number of rotatable bonds is 5. The first kappa shape index (κ1) is 16.1. The maximum atomic E-state index is 12.4. The lowest BCUT2D eigenvalue weighted by Crippen LogP contribution is -2.48. The second-order valence-corrected chi connectivity index (χ2v) is 7.47. The summed E-state index contributed by atoms with van der Waals surface area (Å²) in [4.78, 5) is 0.343. The minimum Gasteiger partial charge on any atom is -0.207 e. The van der Waals surface area contributed by atoms with Crippen molar-refractivity contribution in [2.24, 2.45) is 0 Å². The molecule has 0 aromatic heterocycles. The number of hydrogen-bond donors (Lipinski definition) is 1. The molecule has 0 saturated heterocycles. The summed E-state index contributed by atoms with van der Waals surface area (Å²) in [6, 6.07) is 5.42. The van der Waals surface area contributed by atoms with E-state index in [4.69, 9.17) is 0 Å². The van der Waals surface area contributed by atoms with Gasteiger partial charge in [0.25, 0.3) is 0 Å². The molecule has 0 amide bonds. The summed E-state index contributed by atoms with van der Waals surface area (Å²) in [5.41, 5.74) is 1.13. The summed E-state index contributed by atoms with van der Waals surface area (Å²) in [6.45, 7) is 5.53. The zero-order valence-corrected chi connectivity index (χ0v) is 14.6. The summed E-state index contributed by atoms with van der Waals surface area (Å²) < 4.78 is 27.5. The van der Waals surface area contributed by atoms with Crippen LogP contribution in [0.1, 0.15) is 18.1 Å². The summed E-state index contributed by atoms with van der Waals surface area (Å²) >= 11 is 6.67. The van der Waals surface area contributed by atoms with Crippen molar-refractivity contribution >= 4 is 41.9 Å². The van der Waals surface area contributed by atoms with E-state index in [1.54, 1.807) is 13.0 Å². The fraction of sp³-hybridized carbons (Fsp3) is 0.500. The third kappa shape index (κ3) is 3.79. The third-order valence-electron chi connectivity index (χ3n) is 2.60. The van der Waals surface area contributed by atoms with E-state index < -0.39 is 15.6 Å². The molecule has 1 aromatic rings. The van der Waals surface area contributed by atoms with Gasteiger partial charge in [0.2, 0.25) is 10.0 Å². The van der Waals surface area contributed by atoms with E-state index in [2.05, 4.69) is 36.6 Å². The van der Waals surface area contributed by atoms with E-state index in [1.807, 2.05) is 26.0 Å². The minimum atomic E-state index is -3.51. The number of nitrogens with one attached hydrogen (secondary N) is 1. The number of hydrogen-bond acceptors (Lipinski definition) is 2. The number of benzene rings is 1. The van der Waals surface area contributed by atoms with Gasteiger partial charge in [0.15, 0.2) is 0 Å². The molecule has 0 atom stereocenters. The highest BCUT2D eigenvalue weighted by molar-refractivity contribution is 9.09. The highest BCUT2D eigenvalue weighted by Gasteiger charge is 2.29. The molecule has 1 rings (SSSR count). The van der Waals surface area contributed by atoms with Gasteiger partial charge in [-0.2, -0.15) is 0 Å². The Morgan fingerprint density at radius 3 is 2.28 bits per heavy atom. The Morgan fingerprint density at radius 2 is 1.78 bits per heavy atom. The SMILES string of the molecule is Cc1ccc(C)c(S(=O)(=O)NC(C)(CBr)CBr)c1. The Balaban J connectivity index is 3.18. The highest BCUT2D eigenvalue weighted by atomic mass is 79.9. The zero-order valence-electron chi connectivity index (χ0n) is 10.6. The van der Waals surface area contributed by atoms with Crippen LogP contribution in [-0.4, -0.2) is 24.6 Å². The average Bonchev–Trinajstić information content (AvgIpc) is 2.31. The average molecular weight is 399 g/mol. The summed E-state index contributed by atoms with van der Waals surface area (Å²) in [6.07, 6.45) is 0. The number of sulfonamides is 1. The van der Waals surface area contributed by atoms with E-state index in [0.717, 1.165) is 11.1 Å². The van der Waals surface area contributed by atoms with Gasteiger partial charge in [-0.3, -0.25) is 0 Å². The van der Waals surface area contributed by atoms with Crippen LogP contribution < -0.4 is 4.72 Å². The van der Waals surface area contributed by atoms with Crippen molar-refractivity contribution in [2.75, 3.05) is 10.7 Å². The van der Waals surface area contributed by atoms with Gasteiger partial charge in [-0.05, 0) is 38.0 Å². The van der Waals surface area contributed by atoms with Gasteiger partial charge in [0, 0.05) is 16.2 Å². The van der Waals surface area contributed by atoms with Gasteiger partial charge in [-0.25, -0.2) is 13.1 Å². The Kier molecular flexibility index (Phi) is 5.41. The lowest BCUT2D eigenvalue weighted by molar-refractivity contribution is 0.508. The predicted molar refractivity (Wildman–Crippen MR) is 82.2 cm³/mol. The van der Waals surface area contributed by atoms with Crippen molar-refractivity contribution in [1.82, 2.24) is 4.72 Å². The molecule has 102 valence electrons. The number of alkyl halides is 2. The fourth-order valence-electron chi connectivity index (χ4n) is 1.47. The minimum absolute atomic E-state index is 0.343. The van der Waals surface area contributed by atoms with Crippen LogP contribution in [0.25, 0.3) is 0 Å². The van der Waals surface area contributed by atoms with Gasteiger partial charge in [0.05, 0.1) is 4.90 Å². The second kappa shape index (κ2) is 6.03. The van der Waals surface area contributed by atoms with Gasteiger partial charge < -0.3 is 0 Å². The quantitative estimate of drug-likeness (QED) is 0.774. The maximum Gasteiger partial charge on any atom is 0.241 e. The molecule has 3 nitrogen and oxygen atoms in total. The molecule has 0 spiro atoms. The van der Waals surface area contributed by atoms with E-state index in [1.165, 1.54) is 0 Å². The Labute approximate surface area is 126 Å². The van der Waals surface area contributed by atoms with E-state index in [-0.39, 0.29) is 0 Å². The maximum absolute atomic E-state index is 12.4. The summed E-state index contributed by atoms with van der Waals surface area (Å²) in [5.74, 6) is 0. The molecule has 0 radical (unpaired) electrons. The first-order valence-electron chi connectivity index (χ1n) is 5.47. The van der Waals surface area contributed by atoms with Crippen LogP contribution in [0.5, 0.6) is 0 Å². The van der Waals surface area contributed by atoms with Crippen molar-refractivity contribution in [2.45, 2.75) is 31.2 Å². The van der Waals surface area contributed by atoms with Gasteiger partial charge >= 0.3 is 0 Å². The Bertz CT molecular complexity index is 525. The van der Waals surface area contributed by atoms with Gasteiger partial charge in [-0.15, -0.1) is 0 Å². The van der Waals surface area contributed by atoms with Crippen molar-refractivity contribution in [3.8, 4) is 0 Å². The smallest absolute Gasteiger partial charge is 0.207 e. The van der Waals surface area contributed by atoms with Crippen LogP contribution in [0.3, 0.4) is 0 Å². The largest absolute Gasteiger partial charge is 0.241 e.